The Hall–Kier alpha value is -0.540. The highest BCUT2D eigenvalue weighted by Crippen LogP contribution is 2.48. The number of fused-ring (bicyclic) bond motifs is 1. The summed E-state index contributed by atoms with van der Waals surface area (Å²) in [6.07, 6.45) is 9.54. The van der Waals surface area contributed by atoms with Crippen molar-refractivity contribution < 1.29 is 4.74 Å². The van der Waals surface area contributed by atoms with Gasteiger partial charge in [-0.05, 0) is 78.1 Å². The first-order chi connectivity index (χ1) is 9.58. The molecule has 2 N–H and O–H groups in total. The van der Waals surface area contributed by atoms with E-state index in [1.54, 1.807) is 7.11 Å². The first kappa shape index (κ1) is 14.4. The minimum atomic E-state index is -0.190. The van der Waals surface area contributed by atoms with Crippen molar-refractivity contribution in [1.82, 2.24) is 0 Å². The molecular weight excluding hydrogens is 314 g/mol. The molecule has 1 saturated carbocycles. The van der Waals surface area contributed by atoms with Gasteiger partial charge < -0.3 is 10.5 Å². The number of ether oxygens (including phenoxy) is 1. The molecule has 0 heterocycles. The maximum Gasteiger partial charge on any atom is 0.138 e. The second-order valence-corrected chi connectivity index (χ2v) is 7.17. The van der Waals surface area contributed by atoms with Crippen molar-refractivity contribution >= 4 is 15.9 Å². The lowest BCUT2D eigenvalue weighted by molar-refractivity contribution is 0.373. The third-order valence-electron chi connectivity index (χ3n) is 5.18. The van der Waals surface area contributed by atoms with Crippen LogP contribution in [0, 0.1) is 6.92 Å². The van der Waals surface area contributed by atoms with Gasteiger partial charge in [-0.15, -0.1) is 0 Å². The van der Waals surface area contributed by atoms with Crippen molar-refractivity contribution in [2.75, 3.05) is 7.11 Å². The molecule has 1 fully saturated rings. The zero-order valence-electron chi connectivity index (χ0n) is 12.5. The van der Waals surface area contributed by atoms with Crippen LogP contribution < -0.4 is 10.5 Å². The van der Waals surface area contributed by atoms with Crippen LogP contribution in [-0.2, 0) is 18.4 Å². The van der Waals surface area contributed by atoms with Gasteiger partial charge in [-0.2, -0.15) is 0 Å². The number of halogens is 1. The minimum absolute atomic E-state index is 0.190. The molecule has 110 valence electrons. The summed E-state index contributed by atoms with van der Waals surface area (Å²) in [5, 5.41) is 0. The standard InChI is InChI=1S/C17H24BrNO/c1-11-12-7-3-4-8-13(12)15(18)16(20-2)14(11)17(19)9-5-6-10-17/h3-10,19H2,1-2H3. The van der Waals surface area contributed by atoms with Crippen LogP contribution in [0.3, 0.4) is 0 Å². The molecule has 2 nitrogen and oxygen atoms in total. The molecule has 0 atom stereocenters. The summed E-state index contributed by atoms with van der Waals surface area (Å²) in [7, 11) is 1.77. The molecule has 0 amide bonds. The molecular formula is C17H24BrNO. The van der Waals surface area contributed by atoms with Crippen molar-refractivity contribution in [3.8, 4) is 5.75 Å². The van der Waals surface area contributed by atoms with Gasteiger partial charge in [0.1, 0.15) is 5.75 Å². The number of hydrogen-bond acceptors (Lipinski definition) is 2. The second kappa shape index (κ2) is 5.34. The average Bonchev–Trinajstić information content (AvgIpc) is 2.90. The van der Waals surface area contributed by atoms with Crippen molar-refractivity contribution in [3.63, 3.8) is 0 Å². The Morgan fingerprint density at radius 3 is 2.25 bits per heavy atom. The largest absolute Gasteiger partial charge is 0.495 e. The van der Waals surface area contributed by atoms with Crippen LogP contribution in [0.4, 0.5) is 0 Å². The molecule has 0 radical (unpaired) electrons. The number of hydrogen-bond donors (Lipinski definition) is 1. The minimum Gasteiger partial charge on any atom is -0.495 e. The quantitative estimate of drug-likeness (QED) is 0.869. The Bertz CT molecular complexity index is 533. The molecule has 0 aromatic heterocycles. The Morgan fingerprint density at radius 2 is 1.65 bits per heavy atom. The fourth-order valence-corrected chi connectivity index (χ4v) is 4.97. The van der Waals surface area contributed by atoms with Gasteiger partial charge in [0.2, 0.25) is 0 Å². The van der Waals surface area contributed by atoms with Gasteiger partial charge in [-0.3, -0.25) is 0 Å². The van der Waals surface area contributed by atoms with E-state index in [4.69, 9.17) is 10.5 Å². The Kier molecular flexibility index (Phi) is 3.85. The van der Waals surface area contributed by atoms with Gasteiger partial charge in [0.15, 0.2) is 0 Å². The molecule has 0 bridgehead atoms. The maximum absolute atomic E-state index is 6.76. The van der Waals surface area contributed by atoms with Crippen LogP contribution in [0.2, 0.25) is 0 Å². The Labute approximate surface area is 130 Å². The predicted molar refractivity (Wildman–Crippen MR) is 86.4 cm³/mol. The molecule has 1 aromatic rings. The summed E-state index contributed by atoms with van der Waals surface area (Å²) >= 11 is 3.80. The van der Waals surface area contributed by atoms with E-state index in [1.807, 2.05) is 0 Å². The lowest BCUT2D eigenvalue weighted by atomic mass is 9.79. The highest BCUT2D eigenvalue weighted by molar-refractivity contribution is 9.10. The summed E-state index contributed by atoms with van der Waals surface area (Å²) < 4.78 is 6.93. The van der Waals surface area contributed by atoms with Crippen LogP contribution in [0.5, 0.6) is 5.75 Å². The Balaban J connectivity index is 2.25. The van der Waals surface area contributed by atoms with E-state index in [-0.39, 0.29) is 5.54 Å². The highest BCUT2D eigenvalue weighted by Gasteiger charge is 2.37. The fourth-order valence-electron chi connectivity index (χ4n) is 4.18. The lowest BCUT2D eigenvalue weighted by Crippen LogP contribution is -2.35. The van der Waals surface area contributed by atoms with E-state index in [2.05, 4.69) is 22.9 Å². The van der Waals surface area contributed by atoms with Crippen LogP contribution in [0.15, 0.2) is 4.47 Å². The molecule has 20 heavy (non-hydrogen) atoms. The number of benzene rings is 1. The van der Waals surface area contributed by atoms with Crippen LogP contribution in [0.1, 0.15) is 60.8 Å². The molecule has 0 saturated heterocycles. The van der Waals surface area contributed by atoms with E-state index in [9.17, 15) is 0 Å². The number of nitrogens with two attached hydrogens (primary N) is 1. The smallest absolute Gasteiger partial charge is 0.138 e. The Morgan fingerprint density at radius 1 is 1.05 bits per heavy atom. The first-order valence-electron chi connectivity index (χ1n) is 7.75. The summed E-state index contributed by atoms with van der Waals surface area (Å²) in [6, 6.07) is 0. The SMILES string of the molecule is COc1c(Br)c2c(c(C)c1C1(N)CCCC1)CCCC2. The molecule has 0 aliphatic heterocycles. The van der Waals surface area contributed by atoms with Crippen molar-refractivity contribution in [1.29, 1.82) is 0 Å². The summed E-state index contributed by atoms with van der Waals surface area (Å²) in [5.74, 6) is 0.993. The maximum atomic E-state index is 6.76. The van der Waals surface area contributed by atoms with Crippen molar-refractivity contribution in [2.24, 2.45) is 5.73 Å². The topological polar surface area (TPSA) is 35.2 Å². The molecule has 2 aliphatic carbocycles. The zero-order chi connectivity index (χ0) is 14.3. The summed E-state index contributed by atoms with van der Waals surface area (Å²) in [4.78, 5) is 0. The van der Waals surface area contributed by atoms with Crippen LogP contribution >= 0.6 is 15.9 Å². The molecule has 0 unspecified atom stereocenters. The van der Waals surface area contributed by atoms with E-state index < -0.39 is 0 Å². The third-order valence-corrected chi connectivity index (χ3v) is 6.02. The number of rotatable bonds is 2. The van der Waals surface area contributed by atoms with E-state index in [0.29, 0.717) is 0 Å². The normalized spacial score (nSPS) is 20.8. The van der Waals surface area contributed by atoms with Gasteiger partial charge in [0, 0.05) is 11.1 Å². The molecule has 3 heteroatoms. The van der Waals surface area contributed by atoms with Gasteiger partial charge in [-0.1, -0.05) is 12.8 Å². The summed E-state index contributed by atoms with van der Waals surface area (Å²) in [6.45, 7) is 2.25. The van der Waals surface area contributed by atoms with Gasteiger partial charge >= 0.3 is 0 Å². The fraction of sp³-hybridized carbons (Fsp3) is 0.647. The summed E-state index contributed by atoms with van der Waals surface area (Å²) in [5.41, 5.74) is 12.2. The van der Waals surface area contributed by atoms with E-state index in [0.717, 1.165) is 29.5 Å². The number of methoxy groups -OCH3 is 1. The molecule has 1 aromatic carbocycles. The van der Waals surface area contributed by atoms with Crippen LogP contribution in [-0.4, -0.2) is 7.11 Å². The van der Waals surface area contributed by atoms with Gasteiger partial charge in [0.05, 0.1) is 11.6 Å². The molecule has 2 aliphatic rings. The molecule has 0 spiro atoms. The third kappa shape index (κ3) is 2.10. The zero-order valence-corrected chi connectivity index (χ0v) is 14.1. The van der Waals surface area contributed by atoms with Crippen molar-refractivity contribution in [3.05, 3.63) is 26.7 Å². The average molecular weight is 338 g/mol. The van der Waals surface area contributed by atoms with Gasteiger partial charge in [-0.25, -0.2) is 0 Å². The van der Waals surface area contributed by atoms with Gasteiger partial charge in [0.25, 0.3) is 0 Å². The van der Waals surface area contributed by atoms with E-state index in [1.165, 1.54) is 54.4 Å². The monoisotopic (exact) mass is 337 g/mol. The van der Waals surface area contributed by atoms with E-state index >= 15 is 0 Å². The lowest BCUT2D eigenvalue weighted by Gasteiger charge is -2.33. The van der Waals surface area contributed by atoms with Crippen LogP contribution in [0.25, 0.3) is 0 Å². The predicted octanol–water partition coefficient (Wildman–Crippen LogP) is 4.37. The van der Waals surface area contributed by atoms with Crippen molar-refractivity contribution in [2.45, 2.75) is 63.8 Å². The first-order valence-corrected chi connectivity index (χ1v) is 8.55. The highest BCUT2D eigenvalue weighted by atomic mass is 79.9. The second-order valence-electron chi connectivity index (χ2n) is 6.37. The molecule has 3 rings (SSSR count).